The third kappa shape index (κ3) is 2.63. The van der Waals surface area contributed by atoms with Crippen molar-refractivity contribution in [3.8, 4) is 11.3 Å². The number of nitrogens with zero attached hydrogens (tertiary/aromatic N) is 1. The number of hydrogen-bond acceptors (Lipinski definition) is 2. The summed E-state index contributed by atoms with van der Waals surface area (Å²) in [7, 11) is 0. The van der Waals surface area contributed by atoms with Crippen molar-refractivity contribution in [1.82, 2.24) is 4.98 Å². The molecule has 0 saturated heterocycles. The predicted molar refractivity (Wildman–Crippen MR) is 102 cm³/mol. The number of pyridine rings is 1. The highest BCUT2D eigenvalue weighted by molar-refractivity contribution is 6.03. The second kappa shape index (κ2) is 6.17. The van der Waals surface area contributed by atoms with Gasteiger partial charge in [-0.1, -0.05) is 54.6 Å². The Morgan fingerprint density at radius 3 is 2.38 bits per heavy atom. The lowest BCUT2D eigenvalue weighted by Crippen LogP contribution is -1.97. The van der Waals surface area contributed by atoms with E-state index in [1.165, 1.54) is 16.3 Å². The highest BCUT2D eigenvalue weighted by Gasteiger charge is 2.13. The lowest BCUT2D eigenvalue weighted by Gasteiger charge is -2.16. The van der Waals surface area contributed by atoms with E-state index >= 15 is 0 Å². The van der Waals surface area contributed by atoms with Gasteiger partial charge in [0.15, 0.2) is 0 Å². The average Bonchev–Trinajstić information content (AvgIpc) is 2.63. The maximum Gasteiger partial charge on any atom is 0.0758 e. The van der Waals surface area contributed by atoms with E-state index in [-0.39, 0.29) is 0 Å². The van der Waals surface area contributed by atoms with Gasteiger partial charge < -0.3 is 5.32 Å². The molecule has 0 unspecified atom stereocenters. The Balaban J connectivity index is 1.97. The number of aromatic nitrogens is 1. The molecule has 4 aromatic rings. The van der Waals surface area contributed by atoms with Gasteiger partial charge in [-0.25, -0.2) is 0 Å². The van der Waals surface area contributed by atoms with Crippen molar-refractivity contribution in [3.05, 3.63) is 90.6 Å². The molecule has 116 valence electrons. The quantitative estimate of drug-likeness (QED) is 0.505. The Labute approximate surface area is 141 Å². The molecule has 1 aromatic heterocycles. The fourth-order valence-corrected chi connectivity index (χ4v) is 3.06. The van der Waals surface area contributed by atoms with Crippen molar-refractivity contribution in [1.29, 1.82) is 0 Å². The van der Waals surface area contributed by atoms with Crippen LogP contribution in [0.1, 0.15) is 5.56 Å². The molecule has 1 heterocycles. The lowest BCUT2D eigenvalue weighted by atomic mass is 9.97. The molecule has 0 aliphatic rings. The van der Waals surface area contributed by atoms with E-state index in [4.69, 9.17) is 0 Å². The smallest absolute Gasteiger partial charge is 0.0758 e. The summed E-state index contributed by atoms with van der Waals surface area (Å²) in [4.78, 5) is 4.66. The van der Waals surface area contributed by atoms with Crippen molar-refractivity contribution in [2.75, 3.05) is 5.32 Å². The zero-order valence-corrected chi connectivity index (χ0v) is 13.5. The number of anilines is 2. The summed E-state index contributed by atoms with van der Waals surface area (Å²) in [6.07, 6.45) is 1.86. The Kier molecular flexibility index (Phi) is 3.72. The number of aryl methyl sites for hydroxylation is 1. The van der Waals surface area contributed by atoms with E-state index in [9.17, 15) is 0 Å². The summed E-state index contributed by atoms with van der Waals surface area (Å²) in [6, 6.07) is 27.1. The van der Waals surface area contributed by atoms with Crippen LogP contribution in [0.4, 0.5) is 11.4 Å². The molecule has 1 N–H and O–H groups in total. The van der Waals surface area contributed by atoms with E-state index in [0.717, 1.165) is 22.6 Å². The summed E-state index contributed by atoms with van der Waals surface area (Å²) in [5.74, 6) is 0. The van der Waals surface area contributed by atoms with Crippen LogP contribution in [0.15, 0.2) is 85.1 Å². The van der Waals surface area contributed by atoms with Gasteiger partial charge in [-0.2, -0.15) is 0 Å². The van der Waals surface area contributed by atoms with Gasteiger partial charge in [0, 0.05) is 23.1 Å². The maximum atomic E-state index is 4.66. The Morgan fingerprint density at radius 1 is 0.750 bits per heavy atom. The predicted octanol–water partition coefficient (Wildman–Crippen LogP) is 5.95. The van der Waals surface area contributed by atoms with E-state index in [1.54, 1.807) is 0 Å². The molecule has 0 aliphatic heterocycles. The summed E-state index contributed by atoms with van der Waals surface area (Å²) in [5, 5.41) is 5.98. The molecule has 0 fully saturated rings. The summed E-state index contributed by atoms with van der Waals surface area (Å²) >= 11 is 0. The standard InChI is InChI=1S/C22H18N2/c1-16-8-7-15-23-22(16)21-19-12-6-5-9-17(19)13-14-20(21)24-18-10-3-2-4-11-18/h2-15,24H,1H3. The number of nitrogens with one attached hydrogen (secondary N) is 1. The fraction of sp³-hybridized carbons (Fsp3) is 0.0455. The molecule has 0 aliphatic carbocycles. The Hall–Kier alpha value is -3.13. The van der Waals surface area contributed by atoms with Crippen LogP contribution in [0.3, 0.4) is 0 Å². The third-order valence-electron chi connectivity index (χ3n) is 4.23. The summed E-state index contributed by atoms with van der Waals surface area (Å²) in [6.45, 7) is 2.11. The molecule has 0 spiro atoms. The minimum atomic E-state index is 1.02. The van der Waals surface area contributed by atoms with Gasteiger partial charge in [0.05, 0.1) is 5.69 Å². The van der Waals surface area contributed by atoms with Crippen molar-refractivity contribution in [2.45, 2.75) is 6.92 Å². The molecule has 0 saturated carbocycles. The van der Waals surface area contributed by atoms with Gasteiger partial charge in [-0.05, 0) is 47.5 Å². The highest BCUT2D eigenvalue weighted by Crippen LogP contribution is 2.37. The zero-order chi connectivity index (χ0) is 16.4. The van der Waals surface area contributed by atoms with Crippen LogP contribution in [0.25, 0.3) is 22.0 Å². The van der Waals surface area contributed by atoms with Gasteiger partial charge >= 0.3 is 0 Å². The molecule has 4 rings (SSSR count). The third-order valence-corrected chi connectivity index (χ3v) is 4.23. The largest absolute Gasteiger partial charge is 0.355 e. The first-order chi connectivity index (χ1) is 11.8. The normalized spacial score (nSPS) is 10.7. The molecule has 0 radical (unpaired) electrons. The molecule has 0 atom stereocenters. The van der Waals surface area contributed by atoms with Crippen molar-refractivity contribution in [2.24, 2.45) is 0 Å². The first kappa shape index (κ1) is 14.5. The number of hydrogen-bond donors (Lipinski definition) is 1. The van der Waals surface area contributed by atoms with Crippen molar-refractivity contribution in [3.63, 3.8) is 0 Å². The number of para-hydroxylation sites is 1. The van der Waals surface area contributed by atoms with Gasteiger partial charge in [-0.3, -0.25) is 4.98 Å². The molecule has 0 amide bonds. The van der Waals surface area contributed by atoms with Gasteiger partial charge in [0.25, 0.3) is 0 Å². The second-order valence-electron chi connectivity index (χ2n) is 5.87. The number of rotatable bonds is 3. The second-order valence-corrected chi connectivity index (χ2v) is 5.87. The van der Waals surface area contributed by atoms with Crippen LogP contribution in [0, 0.1) is 6.92 Å². The van der Waals surface area contributed by atoms with Crippen LogP contribution in [0.5, 0.6) is 0 Å². The van der Waals surface area contributed by atoms with Gasteiger partial charge in [0.1, 0.15) is 0 Å². The van der Waals surface area contributed by atoms with E-state index in [1.807, 2.05) is 30.5 Å². The molecular formula is C22H18N2. The minimum absolute atomic E-state index is 1.02. The van der Waals surface area contributed by atoms with Gasteiger partial charge in [0.2, 0.25) is 0 Å². The number of fused-ring (bicyclic) bond motifs is 1. The van der Waals surface area contributed by atoms with Crippen molar-refractivity contribution >= 4 is 22.1 Å². The molecule has 3 aromatic carbocycles. The first-order valence-electron chi connectivity index (χ1n) is 8.09. The minimum Gasteiger partial charge on any atom is -0.355 e. The fourth-order valence-electron chi connectivity index (χ4n) is 3.06. The Bertz CT molecular complexity index is 991. The van der Waals surface area contributed by atoms with E-state index in [2.05, 4.69) is 71.8 Å². The lowest BCUT2D eigenvalue weighted by molar-refractivity contribution is 1.27. The first-order valence-corrected chi connectivity index (χ1v) is 8.09. The van der Waals surface area contributed by atoms with Gasteiger partial charge in [-0.15, -0.1) is 0 Å². The summed E-state index contributed by atoms with van der Waals surface area (Å²) < 4.78 is 0. The molecular weight excluding hydrogens is 292 g/mol. The Morgan fingerprint density at radius 2 is 1.54 bits per heavy atom. The highest BCUT2D eigenvalue weighted by atomic mass is 14.9. The van der Waals surface area contributed by atoms with E-state index < -0.39 is 0 Å². The topological polar surface area (TPSA) is 24.9 Å². The average molecular weight is 310 g/mol. The number of benzene rings is 3. The van der Waals surface area contributed by atoms with Crippen LogP contribution in [0.2, 0.25) is 0 Å². The maximum absolute atomic E-state index is 4.66. The van der Waals surface area contributed by atoms with Crippen LogP contribution >= 0.6 is 0 Å². The SMILES string of the molecule is Cc1cccnc1-c1c(Nc2ccccc2)ccc2ccccc12. The van der Waals surface area contributed by atoms with E-state index in [0.29, 0.717) is 0 Å². The zero-order valence-electron chi connectivity index (χ0n) is 13.5. The molecule has 24 heavy (non-hydrogen) atoms. The monoisotopic (exact) mass is 310 g/mol. The van der Waals surface area contributed by atoms with Crippen LogP contribution < -0.4 is 5.32 Å². The molecule has 2 heteroatoms. The molecule has 0 bridgehead atoms. The van der Waals surface area contributed by atoms with Crippen molar-refractivity contribution < 1.29 is 0 Å². The summed E-state index contributed by atoms with van der Waals surface area (Å²) in [5.41, 5.74) is 5.48. The van der Waals surface area contributed by atoms with Crippen LogP contribution in [-0.2, 0) is 0 Å². The molecule has 2 nitrogen and oxygen atoms in total. The van der Waals surface area contributed by atoms with Crippen LogP contribution in [-0.4, -0.2) is 4.98 Å².